The van der Waals surface area contributed by atoms with E-state index in [2.05, 4.69) is 29.2 Å². The summed E-state index contributed by atoms with van der Waals surface area (Å²) >= 11 is 0. The minimum atomic E-state index is -0.489. The van der Waals surface area contributed by atoms with Crippen LogP contribution in [-0.2, 0) is 23.9 Å². The molecule has 0 bridgehead atoms. The summed E-state index contributed by atoms with van der Waals surface area (Å²) in [7, 11) is 0. The number of rotatable bonds is 6. The van der Waals surface area contributed by atoms with E-state index in [1.807, 2.05) is 0 Å². The first-order valence-corrected chi connectivity index (χ1v) is 6.86. The van der Waals surface area contributed by atoms with Crippen molar-refractivity contribution in [3.8, 4) is 0 Å². The van der Waals surface area contributed by atoms with Crippen molar-refractivity contribution < 1.29 is 23.9 Å². The highest BCUT2D eigenvalue weighted by molar-refractivity contribution is 5.87. The van der Waals surface area contributed by atoms with Crippen LogP contribution in [0.4, 0.5) is 0 Å². The van der Waals surface area contributed by atoms with Crippen molar-refractivity contribution >= 4 is 17.8 Å². The summed E-state index contributed by atoms with van der Waals surface area (Å²) in [5.74, 6) is -0.771. The van der Waals surface area contributed by atoms with Gasteiger partial charge in [0.05, 0.1) is 0 Å². The third kappa shape index (κ3) is 8.04. The van der Waals surface area contributed by atoms with Gasteiger partial charge in [0.2, 0.25) is 5.91 Å². The lowest BCUT2D eigenvalue weighted by molar-refractivity contribution is -0.147. The van der Waals surface area contributed by atoms with Crippen LogP contribution in [0.5, 0.6) is 0 Å². The van der Waals surface area contributed by atoms with Crippen molar-refractivity contribution in [1.82, 2.24) is 4.90 Å². The van der Waals surface area contributed by atoms with Crippen LogP contribution in [-0.4, -0.2) is 42.5 Å². The molecule has 1 aliphatic rings. The van der Waals surface area contributed by atoms with E-state index >= 15 is 0 Å². The Morgan fingerprint density at radius 3 is 1.82 bits per heavy atom. The molecule has 6 heteroatoms. The average Bonchev–Trinajstić information content (AvgIpc) is 2.88. The van der Waals surface area contributed by atoms with Crippen molar-refractivity contribution in [2.45, 2.75) is 26.7 Å². The number of likely N-dealkylation sites (tertiary alicyclic amines) is 1. The van der Waals surface area contributed by atoms with Gasteiger partial charge in [-0.25, -0.2) is 9.59 Å². The molecule has 0 unspecified atom stereocenters. The number of carbonyl (C=O) groups excluding carboxylic acids is 3. The highest BCUT2D eigenvalue weighted by Crippen LogP contribution is 2.08. The standard InChI is InChI=1S/C10H14O4.C6H9NO/c1-7(2)9(11)13-5-6-14-10(12)8(3)4;1-2-7-5-3-4-6(7)8/h1,3,5-6H2,2,4H3;2H,1,3-5H2. The Kier molecular flexibility index (Phi) is 9.25. The average molecular weight is 309 g/mol. The van der Waals surface area contributed by atoms with E-state index in [1.165, 1.54) is 0 Å². The first kappa shape index (κ1) is 19.6. The summed E-state index contributed by atoms with van der Waals surface area (Å²) in [6.07, 6.45) is 3.28. The molecule has 0 aliphatic carbocycles. The largest absolute Gasteiger partial charge is 0.459 e. The summed E-state index contributed by atoms with van der Waals surface area (Å²) in [5.41, 5.74) is 0.632. The predicted octanol–water partition coefficient (Wildman–Crippen LogP) is 1.98. The summed E-state index contributed by atoms with van der Waals surface area (Å²) in [6.45, 7) is 14.3. The molecule has 0 N–H and O–H groups in total. The van der Waals surface area contributed by atoms with Crippen LogP contribution >= 0.6 is 0 Å². The van der Waals surface area contributed by atoms with Gasteiger partial charge in [-0.1, -0.05) is 19.7 Å². The van der Waals surface area contributed by atoms with Gasteiger partial charge in [-0.2, -0.15) is 0 Å². The van der Waals surface area contributed by atoms with Crippen molar-refractivity contribution in [1.29, 1.82) is 0 Å². The molecule has 0 saturated carbocycles. The van der Waals surface area contributed by atoms with Gasteiger partial charge in [-0.3, -0.25) is 4.79 Å². The molecule has 1 amide bonds. The maximum Gasteiger partial charge on any atom is 0.333 e. The van der Waals surface area contributed by atoms with Crippen LogP contribution in [0.25, 0.3) is 0 Å². The third-order valence-electron chi connectivity index (χ3n) is 2.58. The van der Waals surface area contributed by atoms with Gasteiger partial charge >= 0.3 is 11.9 Å². The molecule has 6 nitrogen and oxygen atoms in total. The van der Waals surface area contributed by atoms with Gasteiger partial charge in [0, 0.05) is 24.1 Å². The second-order valence-corrected chi connectivity index (χ2v) is 4.71. The lowest BCUT2D eigenvalue weighted by Gasteiger charge is -2.05. The van der Waals surface area contributed by atoms with Crippen LogP contribution in [0.3, 0.4) is 0 Å². The lowest BCUT2D eigenvalue weighted by Crippen LogP contribution is -2.16. The molecule has 1 aliphatic heterocycles. The van der Waals surface area contributed by atoms with Gasteiger partial charge in [-0.15, -0.1) is 0 Å². The molecule has 122 valence electrons. The Morgan fingerprint density at radius 1 is 1.14 bits per heavy atom. The van der Waals surface area contributed by atoms with Crippen LogP contribution in [0, 0.1) is 0 Å². The topological polar surface area (TPSA) is 72.9 Å². The first-order valence-electron chi connectivity index (χ1n) is 6.86. The van der Waals surface area contributed by atoms with Crippen molar-refractivity contribution in [2.75, 3.05) is 19.8 Å². The molecule has 1 rings (SSSR count). The Labute approximate surface area is 131 Å². The molecule has 0 radical (unpaired) electrons. The predicted molar refractivity (Wildman–Crippen MR) is 82.7 cm³/mol. The summed E-state index contributed by atoms with van der Waals surface area (Å²) in [6, 6.07) is 0. The molecular weight excluding hydrogens is 286 g/mol. The first-order chi connectivity index (χ1) is 10.3. The SMILES string of the molecule is C=C(C)C(=O)OCCOC(=O)C(=C)C.C=CN1CCCC1=O. The Balaban J connectivity index is 0.000000461. The molecular formula is C16H23NO5. The van der Waals surface area contributed by atoms with Gasteiger partial charge in [0.1, 0.15) is 13.2 Å². The fourth-order valence-corrected chi connectivity index (χ4v) is 1.38. The third-order valence-corrected chi connectivity index (χ3v) is 2.58. The number of carbonyl (C=O) groups is 3. The highest BCUT2D eigenvalue weighted by Gasteiger charge is 2.16. The Hall–Kier alpha value is -2.37. The maximum absolute atomic E-state index is 10.8. The molecule has 0 spiro atoms. The minimum Gasteiger partial charge on any atom is -0.459 e. The fourth-order valence-electron chi connectivity index (χ4n) is 1.38. The Bertz CT molecular complexity index is 439. The van der Waals surface area contributed by atoms with Gasteiger partial charge < -0.3 is 14.4 Å². The zero-order valence-corrected chi connectivity index (χ0v) is 13.2. The molecule has 0 aromatic carbocycles. The second kappa shape index (κ2) is 10.4. The van der Waals surface area contributed by atoms with Gasteiger partial charge in [-0.05, 0) is 26.5 Å². The van der Waals surface area contributed by atoms with Crippen molar-refractivity contribution in [3.05, 3.63) is 37.1 Å². The second-order valence-electron chi connectivity index (χ2n) is 4.71. The normalized spacial score (nSPS) is 12.8. The number of amides is 1. The van der Waals surface area contributed by atoms with Crippen LogP contribution in [0.15, 0.2) is 37.1 Å². The lowest BCUT2D eigenvalue weighted by atomic mass is 10.4. The van der Waals surface area contributed by atoms with Crippen molar-refractivity contribution in [2.24, 2.45) is 0 Å². The molecule has 0 atom stereocenters. The van der Waals surface area contributed by atoms with Crippen molar-refractivity contribution in [3.63, 3.8) is 0 Å². The number of hydrogen-bond donors (Lipinski definition) is 0. The Morgan fingerprint density at radius 2 is 1.59 bits per heavy atom. The summed E-state index contributed by atoms with van der Waals surface area (Å²) in [5, 5.41) is 0. The number of nitrogens with zero attached hydrogens (tertiary/aromatic N) is 1. The van der Waals surface area contributed by atoms with E-state index < -0.39 is 11.9 Å². The number of esters is 2. The molecule has 0 aromatic heterocycles. The molecule has 0 aromatic rings. The summed E-state index contributed by atoms with van der Waals surface area (Å²) in [4.78, 5) is 34.0. The fraction of sp³-hybridized carbons (Fsp3) is 0.438. The van der Waals surface area contributed by atoms with Gasteiger partial charge in [0.15, 0.2) is 0 Å². The van der Waals surface area contributed by atoms with E-state index in [0.29, 0.717) is 17.6 Å². The van der Waals surface area contributed by atoms with Crippen LogP contribution in [0.1, 0.15) is 26.7 Å². The van der Waals surface area contributed by atoms with Crippen LogP contribution < -0.4 is 0 Å². The molecule has 1 heterocycles. The van der Waals surface area contributed by atoms with E-state index in [-0.39, 0.29) is 19.1 Å². The zero-order chi connectivity index (χ0) is 17.1. The van der Waals surface area contributed by atoms with Crippen LogP contribution in [0.2, 0.25) is 0 Å². The molecule has 1 saturated heterocycles. The van der Waals surface area contributed by atoms with E-state index in [9.17, 15) is 14.4 Å². The number of ether oxygens (including phenoxy) is 2. The molecule has 22 heavy (non-hydrogen) atoms. The monoisotopic (exact) mass is 309 g/mol. The number of hydrogen-bond acceptors (Lipinski definition) is 5. The van der Waals surface area contributed by atoms with E-state index in [4.69, 9.17) is 0 Å². The maximum atomic E-state index is 10.8. The minimum absolute atomic E-state index is 0.0325. The van der Waals surface area contributed by atoms with Gasteiger partial charge in [0.25, 0.3) is 0 Å². The van der Waals surface area contributed by atoms with E-state index in [0.717, 1.165) is 13.0 Å². The quantitative estimate of drug-likeness (QED) is 0.426. The highest BCUT2D eigenvalue weighted by atomic mass is 16.6. The smallest absolute Gasteiger partial charge is 0.333 e. The van der Waals surface area contributed by atoms with E-state index in [1.54, 1.807) is 24.9 Å². The zero-order valence-electron chi connectivity index (χ0n) is 13.2. The molecule has 1 fully saturated rings. The summed E-state index contributed by atoms with van der Waals surface area (Å²) < 4.78 is 9.38.